The lowest BCUT2D eigenvalue weighted by molar-refractivity contribution is -0.115. The monoisotopic (exact) mass is 303 g/mol. The molecule has 1 atom stereocenters. The average Bonchev–Trinajstić information content (AvgIpc) is 3.12. The van der Waals surface area contributed by atoms with Crippen LogP contribution in [-0.4, -0.2) is 21.1 Å². The van der Waals surface area contributed by atoms with Crippen molar-refractivity contribution in [1.29, 1.82) is 0 Å². The Hall–Kier alpha value is -1.88. The molecule has 0 bridgehead atoms. The second-order valence-electron chi connectivity index (χ2n) is 5.20. The molecule has 1 fully saturated rings. The highest BCUT2D eigenvalue weighted by Gasteiger charge is 2.19. The Balaban J connectivity index is 1.58. The van der Waals surface area contributed by atoms with Gasteiger partial charge in [0.2, 0.25) is 5.91 Å². The number of H-pyrrole nitrogens is 1. The number of aromatic nitrogens is 3. The summed E-state index contributed by atoms with van der Waals surface area (Å²) in [6, 6.07) is 5.38. The Kier molecular flexibility index (Phi) is 4.20. The largest absolute Gasteiger partial charge is 0.309 e. The highest BCUT2D eigenvalue weighted by Crippen LogP contribution is 2.32. The summed E-state index contributed by atoms with van der Waals surface area (Å²) in [6.07, 6.45) is 7.39. The minimum Gasteiger partial charge on any atom is -0.309 e. The van der Waals surface area contributed by atoms with E-state index in [4.69, 9.17) is 11.6 Å². The van der Waals surface area contributed by atoms with Gasteiger partial charge in [0, 0.05) is 29.6 Å². The van der Waals surface area contributed by atoms with Gasteiger partial charge in [-0.1, -0.05) is 11.6 Å². The van der Waals surface area contributed by atoms with Gasteiger partial charge in [0.05, 0.1) is 11.4 Å². The third-order valence-electron chi connectivity index (χ3n) is 3.61. The quantitative estimate of drug-likeness (QED) is 0.911. The van der Waals surface area contributed by atoms with Crippen LogP contribution in [0.5, 0.6) is 0 Å². The smallest absolute Gasteiger partial charge is 0.231 e. The van der Waals surface area contributed by atoms with E-state index in [1.807, 2.05) is 6.07 Å². The molecule has 0 unspecified atom stereocenters. The maximum Gasteiger partial charge on any atom is 0.231 e. The summed E-state index contributed by atoms with van der Waals surface area (Å²) < 4.78 is 0. The second-order valence-corrected chi connectivity index (χ2v) is 5.64. The maximum atomic E-state index is 12.0. The lowest BCUT2D eigenvalue weighted by Gasteiger charge is -2.03. The lowest BCUT2D eigenvalue weighted by atomic mass is 10.0. The number of carbonyl (C=O) groups is 1. The van der Waals surface area contributed by atoms with E-state index in [0.717, 1.165) is 25.0 Å². The average molecular weight is 304 g/mol. The van der Waals surface area contributed by atoms with Crippen molar-refractivity contribution < 1.29 is 4.79 Å². The van der Waals surface area contributed by atoms with Crippen LogP contribution in [0.25, 0.3) is 0 Å². The molecule has 0 spiro atoms. The molecule has 2 heterocycles. The third-order valence-corrected chi connectivity index (χ3v) is 3.83. The van der Waals surface area contributed by atoms with E-state index in [0.29, 0.717) is 22.5 Å². The number of anilines is 1. The molecule has 3 rings (SSSR count). The summed E-state index contributed by atoms with van der Waals surface area (Å²) >= 11 is 5.76. The molecule has 0 saturated heterocycles. The fourth-order valence-corrected chi connectivity index (χ4v) is 2.62. The molecule has 1 radical (unpaired) electrons. The van der Waals surface area contributed by atoms with Crippen LogP contribution in [0.15, 0.2) is 24.4 Å². The first-order chi connectivity index (χ1) is 10.2. The van der Waals surface area contributed by atoms with E-state index in [1.54, 1.807) is 12.1 Å². The molecule has 0 aromatic carbocycles. The summed E-state index contributed by atoms with van der Waals surface area (Å²) in [5.41, 5.74) is 1.77. The number of hydrogen-bond acceptors (Lipinski definition) is 3. The van der Waals surface area contributed by atoms with E-state index in [-0.39, 0.29) is 12.3 Å². The van der Waals surface area contributed by atoms with Crippen molar-refractivity contribution in [3.05, 3.63) is 47.2 Å². The van der Waals surface area contributed by atoms with E-state index >= 15 is 0 Å². The van der Waals surface area contributed by atoms with Crippen molar-refractivity contribution in [3.63, 3.8) is 0 Å². The number of pyridine rings is 1. The molecule has 2 aromatic heterocycles. The van der Waals surface area contributed by atoms with Gasteiger partial charge in [0.15, 0.2) is 5.82 Å². The minimum atomic E-state index is -0.138. The fourth-order valence-electron chi connectivity index (χ4n) is 2.51. The Labute approximate surface area is 128 Å². The van der Waals surface area contributed by atoms with Crippen LogP contribution >= 0.6 is 11.6 Å². The number of hydrogen-bond donors (Lipinski definition) is 2. The Morgan fingerprint density at radius 2 is 2.38 bits per heavy atom. The minimum absolute atomic E-state index is 0.138. The topological polar surface area (TPSA) is 70.7 Å². The van der Waals surface area contributed by atoms with Gasteiger partial charge in [-0.05, 0) is 37.8 Å². The van der Waals surface area contributed by atoms with Crippen molar-refractivity contribution in [2.45, 2.75) is 31.6 Å². The van der Waals surface area contributed by atoms with Crippen LogP contribution in [0, 0.1) is 6.42 Å². The van der Waals surface area contributed by atoms with Crippen molar-refractivity contribution in [2.24, 2.45) is 0 Å². The maximum absolute atomic E-state index is 12.0. The summed E-state index contributed by atoms with van der Waals surface area (Å²) in [5, 5.41) is 10.5. The van der Waals surface area contributed by atoms with Gasteiger partial charge in [0.1, 0.15) is 0 Å². The van der Waals surface area contributed by atoms with Gasteiger partial charge in [-0.2, -0.15) is 5.10 Å². The Morgan fingerprint density at radius 3 is 3.10 bits per heavy atom. The molecule has 2 N–H and O–H groups in total. The van der Waals surface area contributed by atoms with E-state index < -0.39 is 0 Å². The number of amides is 1. The first kappa shape index (κ1) is 14.1. The molecule has 1 aliphatic carbocycles. The Bertz CT molecular complexity index is 617. The van der Waals surface area contributed by atoms with E-state index in [1.165, 1.54) is 6.20 Å². The number of rotatable bonds is 4. The zero-order valence-corrected chi connectivity index (χ0v) is 12.2. The molecule has 2 aromatic rings. The molecular formula is C15H16ClN4O. The molecule has 1 amide bonds. The number of nitrogens with one attached hydrogen (secondary N) is 2. The predicted molar refractivity (Wildman–Crippen MR) is 81.1 cm³/mol. The highest BCUT2D eigenvalue weighted by molar-refractivity contribution is 6.30. The Morgan fingerprint density at radius 1 is 1.48 bits per heavy atom. The predicted octanol–water partition coefficient (Wildman–Crippen LogP) is 3.11. The van der Waals surface area contributed by atoms with Gasteiger partial charge < -0.3 is 5.32 Å². The van der Waals surface area contributed by atoms with Crippen molar-refractivity contribution in [2.75, 3.05) is 5.32 Å². The van der Waals surface area contributed by atoms with Crippen molar-refractivity contribution in [3.8, 4) is 0 Å². The number of nitrogens with zero attached hydrogens (tertiary/aromatic N) is 2. The molecule has 1 aliphatic rings. The highest BCUT2D eigenvalue weighted by atomic mass is 35.5. The van der Waals surface area contributed by atoms with Gasteiger partial charge in [-0.25, -0.2) is 0 Å². The first-order valence-electron chi connectivity index (χ1n) is 6.98. The fraction of sp³-hybridized carbons (Fsp3) is 0.333. The number of carbonyl (C=O) groups excluding carboxylic acids is 1. The van der Waals surface area contributed by atoms with Crippen LogP contribution in [-0.2, 0) is 11.2 Å². The van der Waals surface area contributed by atoms with Crippen LogP contribution in [0.4, 0.5) is 5.82 Å². The molecular weight excluding hydrogens is 288 g/mol. The summed E-state index contributed by atoms with van der Waals surface area (Å²) in [7, 11) is 0. The van der Waals surface area contributed by atoms with Crippen LogP contribution in [0.2, 0.25) is 5.02 Å². The van der Waals surface area contributed by atoms with Crippen LogP contribution in [0.3, 0.4) is 0 Å². The summed E-state index contributed by atoms with van der Waals surface area (Å²) in [5.74, 6) is 0.929. The zero-order valence-electron chi connectivity index (χ0n) is 11.5. The van der Waals surface area contributed by atoms with E-state index in [9.17, 15) is 4.79 Å². The second kappa shape index (κ2) is 6.26. The summed E-state index contributed by atoms with van der Waals surface area (Å²) in [4.78, 5) is 16.1. The molecule has 109 valence electrons. The molecule has 21 heavy (non-hydrogen) atoms. The van der Waals surface area contributed by atoms with Gasteiger partial charge in [-0.3, -0.25) is 14.9 Å². The SMILES string of the molecule is O=C(Cc1ccc(Cl)cn1)Nc1cc([C@H]2C[CH]CC2)[nH]n1. The van der Waals surface area contributed by atoms with E-state index in [2.05, 4.69) is 26.9 Å². The third kappa shape index (κ3) is 3.61. The molecule has 1 saturated carbocycles. The van der Waals surface area contributed by atoms with Crippen LogP contribution < -0.4 is 5.32 Å². The lowest BCUT2D eigenvalue weighted by Crippen LogP contribution is -2.15. The van der Waals surface area contributed by atoms with Gasteiger partial charge >= 0.3 is 0 Å². The van der Waals surface area contributed by atoms with Crippen molar-refractivity contribution >= 4 is 23.3 Å². The number of aromatic amines is 1. The molecule has 6 heteroatoms. The van der Waals surface area contributed by atoms with Crippen LogP contribution in [0.1, 0.15) is 36.6 Å². The number of halogens is 1. The molecule has 5 nitrogen and oxygen atoms in total. The molecule has 0 aliphatic heterocycles. The normalized spacial score (nSPS) is 15.3. The summed E-state index contributed by atoms with van der Waals surface area (Å²) in [6.45, 7) is 0. The van der Waals surface area contributed by atoms with Gasteiger partial charge in [0.25, 0.3) is 0 Å². The van der Waals surface area contributed by atoms with Crippen molar-refractivity contribution in [1.82, 2.24) is 15.2 Å². The standard InChI is InChI=1S/C15H16ClN4O/c16-11-5-6-12(17-9-11)7-15(21)18-14-8-13(19-20-14)10-3-1-2-4-10/h1,5-6,8-10H,2-4,7H2,(H2,18,19,20,21)/t10-/m0/s1. The zero-order chi connectivity index (χ0) is 14.7. The van der Waals surface area contributed by atoms with Gasteiger partial charge in [-0.15, -0.1) is 0 Å². The first-order valence-corrected chi connectivity index (χ1v) is 7.36.